The maximum Gasteiger partial charge on any atom is 0.311 e. The van der Waals surface area contributed by atoms with Gasteiger partial charge in [-0.05, 0) is 84.5 Å². The minimum Gasteiger partial charge on any atom is -0.460 e. The maximum absolute atomic E-state index is 14.4. The number of aliphatic hydroxyl groups excluding tert-OH is 4. The lowest BCUT2D eigenvalue weighted by Gasteiger charge is -2.48. The van der Waals surface area contributed by atoms with Crippen LogP contribution in [0.3, 0.4) is 0 Å². The predicted octanol–water partition coefficient (Wildman–Crippen LogP) is 3.97. The Morgan fingerprint density at radius 1 is 0.944 bits per heavy atom. The van der Waals surface area contributed by atoms with Crippen molar-refractivity contribution in [1.82, 2.24) is 19.9 Å². The van der Waals surface area contributed by atoms with Crippen LogP contribution in [-0.4, -0.2) is 178 Å². The van der Waals surface area contributed by atoms with E-state index in [2.05, 4.69) is 20.1 Å². The third-order valence-electron chi connectivity index (χ3n) is 16.5. The van der Waals surface area contributed by atoms with Gasteiger partial charge >= 0.3 is 5.97 Å². The van der Waals surface area contributed by atoms with Crippen molar-refractivity contribution in [2.75, 3.05) is 58.5 Å². The average Bonchev–Trinajstić information content (AvgIpc) is 3.84. The Kier molecular flexibility index (Phi) is 20.3. The van der Waals surface area contributed by atoms with Crippen LogP contribution in [0.5, 0.6) is 0 Å². The molecular formula is C53H88N6O13. The van der Waals surface area contributed by atoms with Gasteiger partial charge in [-0.2, -0.15) is 0 Å². The van der Waals surface area contributed by atoms with Crippen molar-refractivity contribution in [2.45, 2.75) is 192 Å². The van der Waals surface area contributed by atoms with Crippen LogP contribution in [0, 0.1) is 29.6 Å². The molecule has 72 heavy (non-hydrogen) atoms. The van der Waals surface area contributed by atoms with E-state index in [0.717, 1.165) is 18.8 Å². The zero-order chi connectivity index (χ0) is 52.8. The van der Waals surface area contributed by atoms with Crippen molar-refractivity contribution in [3.05, 3.63) is 41.7 Å². The highest BCUT2D eigenvalue weighted by Gasteiger charge is 2.52. The monoisotopic (exact) mass is 1020 g/mol. The summed E-state index contributed by atoms with van der Waals surface area (Å²) in [5.74, 6) is -3.98. The SMILES string of the molecule is CC[C@H]1OC(=O)[C@H](C)[C@@H](O[C@H]2C[C@H](C)[C@@H](O)C(C)O2)[C@H](C)[C@@H](OC2CC(N(C)CCc3cn([C@H](CO)[C@H](O)c4ccc(N5CCOCC5)cc4)nn3)CC(C)O2)[C@](C)(OC)C[C@@H](C)C(=O)C(C)C(O)[C@]1(C)N. The lowest BCUT2D eigenvalue weighted by atomic mass is 9.73. The quantitative estimate of drug-likeness (QED) is 0.159. The number of rotatable bonds is 15. The van der Waals surface area contributed by atoms with Crippen molar-refractivity contribution in [2.24, 2.45) is 35.3 Å². The van der Waals surface area contributed by atoms with Gasteiger partial charge in [-0.1, -0.05) is 52.0 Å². The fourth-order valence-corrected chi connectivity index (χ4v) is 11.6. The van der Waals surface area contributed by atoms with E-state index in [4.69, 9.17) is 38.9 Å². The number of benzene rings is 1. The summed E-state index contributed by atoms with van der Waals surface area (Å²) in [6.07, 6.45) is -3.57. The van der Waals surface area contributed by atoms with E-state index in [-0.39, 0.29) is 36.9 Å². The molecule has 0 radical (unpaired) electrons. The zero-order valence-electron chi connectivity index (χ0n) is 45.0. The fraction of sp³-hybridized carbons (Fsp3) is 0.811. The number of hydrogen-bond donors (Lipinski definition) is 5. The minimum absolute atomic E-state index is 0.00855. The molecule has 0 saturated carbocycles. The number of esters is 1. The largest absolute Gasteiger partial charge is 0.460 e. The third kappa shape index (κ3) is 13.4. The van der Waals surface area contributed by atoms with E-state index in [1.807, 2.05) is 72.9 Å². The molecule has 6 unspecified atom stereocenters. The van der Waals surface area contributed by atoms with Crippen LogP contribution in [0.25, 0.3) is 0 Å². The van der Waals surface area contributed by atoms with E-state index >= 15 is 0 Å². The van der Waals surface area contributed by atoms with Crippen LogP contribution in [0.1, 0.15) is 125 Å². The first-order valence-electron chi connectivity index (χ1n) is 26.4. The molecular weight excluding hydrogens is 929 g/mol. The van der Waals surface area contributed by atoms with Crippen LogP contribution < -0.4 is 10.6 Å². The summed E-state index contributed by atoms with van der Waals surface area (Å²) >= 11 is 0. The van der Waals surface area contributed by atoms with E-state index in [1.165, 1.54) is 4.68 Å². The zero-order valence-corrected chi connectivity index (χ0v) is 45.0. The smallest absolute Gasteiger partial charge is 0.311 e. The number of methoxy groups -OCH3 is 1. The van der Waals surface area contributed by atoms with Crippen LogP contribution in [0.2, 0.25) is 0 Å². The molecule has 4 fully saturated rings. The summed E-state index contributed by atoms with van der Waals surface area (Å²) in [7, 11) is 3.63. The summed E-state index contributed by atoms with van der Waals surface area (Å²) in [6, 6.07) is 6.99. The van der Waals surface area contributed by atoms with E-state index in [1.54, 1.807) is 41.0 Å². The summed E-state index contributed by atoms with van der Waals surface area (Å²) in [5.41, 5.74) is 6.61. The number of anilines is 1. The number of carbonyl (C=O) groups is 2. The second kappa shape index (κ2) is 25.1. The number of nitrogens with zero attached hydrogens (tertiary/aromatic N) is 5. The number of nitrogens with two attached hydrogens (primary N) is 1. The Morgan fingerprint density at radius 3 is 2.24 bits per heavy atom. The summed E-state index contributed by atoms with van der Waals surface area (Å²) in [4.78, 5) is 33.2. The Morgan fingerprint density at radius 2 is 1.61 bits per heavy atom. The van der Waals surface area contributed by atoms with Gasteiger partial charge in [-0.25, -0.2) is 4.68 Å². The molecule has 1 aromatic heterocycles. The molecule has 0 bridgehead atoms. The molecule has 1 aromatic carbocycles. The fourth-order valence-electron chi connectivity index (χ4n) is 11.6. The standard InChI is InChI=1S/C53H88N6O13/c1-13-42-53(10,54)49(64)33(5)45(61)31(3)27-52(9,66-12)50(34(6)48(35(7)51(65)70-42)71-43-24-30(2)46(62)36(8)69-43)72-44-26-40(25-32(4)68-44)57(11)19-18-38-28-59(56-55-38)41(29-60)47(63)37-14-16-39(17-15-37)58-20-22-67-23-21-58/h14-17,28,30-36,40-44,46-50,60,62-64H,13,18-27,29,54H2,1-12H3/t30-,31+,32?,33?,34-,35+,36?,40?,41+,42+,43-,44?,46+,47+,48-,49?,50+,52+,53+/m0/s1. The molecule has 0 aliphatic carbocycles. The van der Waals surface area contributed by atoms with Crippen molar-refractivity contribution >= 4 is 17.4 Å². The van der Waals surface area contributed by atoms with Crippen molar-refractivity contribution in [3.63, 3.8) is 0 Å². The van der Waals surface area contributed by atoms with Gasteiger partial charge in [0.1, 0.15) is 24.0 Å². The molecule has 0 spiro atoms. The van der Waals surface area contributed by atoms with Gasteiger partial charge in [0, 0.05) is 81.7 Å². The first kappa shape index (κ1) is 58.1. The average molecular weight is 1020 g/mol. The van der Waals surface area contributed by atoms with Crippen molar-refractivity contribution < 1.29 is 63.2 Å². The molecule has 2 aromatic rings. The second-order valence-corrected chi connectivity index (χ2v) is 22.0. The summed E-state index contributed by atoms with van der Waals surface area (Å²) < 4.78 is 46.5. The first-order valence-corrected chi connectivity index (χ1v) is 26.4. The lowest BCUT2D eigenvalue weighted by Crippen LogP contribution is -2.62. The molecule has 4 aliphatic heterocycles. The highest BCUT2D eigenvalue weighted by atomic mass is 16.7. The summed E-state index contributed by atoms with van der Waals surface area (Å²) in [5, 5.41) is 53.1. The van der Waals surface area contributed by atoms with Gasteiger partial charge in [-0.15, -0.1) is 5.10 Å². The van der Waals surface area contributed by atoms with Gasteiger partial charge in [0.2, 0.25) is 0 Å². The molecule has 408 valence electrons. The highest BCUT2D eigenvalue weighted by molar-refractivity contribution is 5.83. The molecule has 5 heterocycles. The minimum atomic E-state index is -1.46. The predicted molar refractivity (Wildman–Crippen MR) is 269 cm³/mol. The van der Waals surface area contributed by atoms with Gasteiger partial charge in [0.15, 0.2) is 12.6 Å². The van der Waals surface area contributed by atoms with Crippen molar-refractivity contribution in [1.29, 1.82) is 0 Å². The normalized spacial score (nSPS) is 38.8. The van der Waals surface area contributed by atoms with Crippen molar-refractivity contribution in [3.8, 4) is 0 Å². The molecule has 19 heteroatoms. The Balaban J connectivity index is 1.22. The topological polar surface area (TPSA) is 243 Å². The van der Waals surface area contributed by atoms with Gasteiger partial charge < -0.3 is 69.1 Å². The first-order chi connectivity index (χ1) is 34.0. The Bertz CT molecular complexity index is 2010. The van der Waals surface area contributed by atoms with E-state index in [9.17, 15) is 30.0 Å². The van der Waals surface area contributed by atoms with E-state index < -0.39 is 102 Å². The van der Waals surface area contributed by atoms with E-state index in [0.29, 0.717) is 63.1 Å². The maximum atomic E-state index is 14.4. The lowest BCUT2D eigenvalue weighted by molar-refractivity contribution is -0.292. The molecule has 4 saturated heterocycles. The Labute approximate surface area is 427 Å². The number of morpholine rings is 1. The number of likely N-dealkylation sites (N-methyl/N-ethyl adjacent to an activating group) is 1. The summed E-state index contributed by atoms with van der Waals surface area (Å²) in [6.45, 7) is 21.5. The molecule has 4 aliphatic rings. The second-order valence-electron chi connectivity index (χ2n) is 22.0. The number of aromatic nitrogens is 3. The molecule has 6 rings (SSSR count). The number of hydrogen-bond acceptors (Lipinski definition) is 18. The highest BCUT2D eigenvalue weighted by Crippen LogP contribution is 2.41. The third-order valence-corrected chi connectivity index (χ3v) is 16.5. The number of aliphatic hydroxyl groups is 4. The van der Waals surface area contributed by atoms with Crippen LogP contribution in [0.15, 0.2) is 30.5 Å². The number of ketones is 1. The van der Waals surface area contributed by atoms with Gasteiger partial charge in [0.05, 0.1) is 79.2 Å². The number of Topliss-reactive ketones (excluding diaryl/α,β-unsaturated/α-hetero) is 1. The Hall–Kier alpha value is -3.18. The van der Waals surface area contributed by atoms with Crippen LogP contribution in [-0.2, 0) is 49.2 Å². The molecule has 0 amide bonds. The van der Waals surface area contributed by atoms with Gasteiger partial charge in [-0.3, -0.25) is 9.59 Å². The molecule has 6 N–H and O–H groups in total. The number of cyclic esters (lactones) is 1. The van der Waals surface area contributed by atoms with Crippen LogP contribution in [0.4, 0.5) is 5.69 Å². The molecule has 19 nitrogen and oxygen atoms in total. The number of carbonyl (C=O) groups excluding carboxylic acids is 2. The van der Waals surface area contributed by atoms with Crippen LogP contribution >= 0.6 is 0 Å². The van der Waals surface area contributed by atoms with Gasteiger partial charge in [0.25, 0.3) is 0 Å². The molecule has 19 atom stereocenters. The number of ether oxygens (including phenoxy) is 7.